The number of carbonyl (C=O) groups is 2. The second-order valence-corrected chi connectivity index (χ2v) is 10.8. The van der Waals surface area contributed by atoms with Gasteiger partial charge in [0.2, 0.25) is 0 Å². The van der Waals surface area contributed by atoms with Gasteiger partial charge in [-0.05, 0) is 55.2 Å². The number of halogens is 1. The number of anilines is 1. The summed E-state index contributed by atoms with van der Waals surface area (Å²) in [7, 11) is 0. The Morgan fingerprint density at radius 1 is 1.14 bits per heavy atom. The first-order chi connectivity index (χ1) is 17.4. The van der Waals surface area contributed by atoms with E-state index >= 15 is 0 Å². The predicted octanol–water partition coefficient (Wildman–Crippen LogP) is 7.19. The second-order valence-electron chi connectivity index (χ2n) is 9.23. The Bertz CT molecular complexity index is 1310. The van der Waals surface area contributed by atoms with Crippen LogP contribution in [0.25, 0.3) is 17.4 Å². The van der Waals surface area contributed by atoms with Crippen LogP contribution >= 0.6 is 23.4 Å². The zero-order valence-electron chi connectivity index (χ0n) is 19.8. The number of carboxylic acids is 1. The lowest BCUT2D eigenvalue weighted by Gasteiger charge is -2.39. The highest BCUT2D eigenvalue weighted by molar-refractivity contribution is 8.05. The van der Waals surface area contributed by atoms with Crippen LogP contribution in [0.5, 0.6) is 0 Å². The van der Waals surface area contributed by atoms with Crippen molar-refractivity contribution < 1.29 is 19.1 Å². The SMILES string of the molecule is C[C@H]1CCCC[C@@H]1N1C(=O)/C(=C/c2ccc(-c3ccc(C(=O)O)c(Cl)c3)o2)SC1Nc1ccccc1. The van der Waals surface area contributed by atoms with E-state index in [9.17, 15) is 14.7 Å². The van der Waals surface area contributed by atoms with Gasteiger partial charge in [-0.3, -0.25) is 4.79 Å². The average Bonchev–Trinajstić information content (AvgIpc) is 3.45. The van der Waals surface area contributed by atoms with Crippen molar-refractivity contribution in [2.75, 3.05) is 5.32 Å². The summed E-state index contributed by atoms with van der Waals surface area (Å²) in [6.45, 7) is 2.24. The minimum atomic E-state index is -1.08. The fraction of sp³-hybridized carbons (Fsp3) is 0.286. The molecule has 2 N–H and O–H groups in total. The van der Waals surface area contributed by atoms with Gasteiger partial charge in [0.1, 0.15) is 11.5 Å². The van der Waals surface area contributed by atoms with E-state index in [4.69, 9.17) is 16.0 Å². The van der Waals surface area contributed by atoms with Crippen LogP contribution in [0.4, 0.5) is 5.69 Å². The first-order valence-electron chi connectivity index (χ1n) is 12.1. The molecule has 3 atom stereocenters. The molecule has 1 aliphatic carbocycles. The summed E-state index contributed by atoms with van der Waals surface area (Å²) in [4.78, 5) is 27.5. The van der Waals surface area contributed by atoms with Crippen molar-refractivity contribution in [3.8, 4) is 11.3 Å². The van der Waals surface area contributed by atoms with Gasteiger partial charge >= 0.3 is 5.97 Å². The Morgan fingerprint density at radius 3 is 2.64 bits per heavy atom. The zero-order valence-corrected chi connectivity index (χ0v) is 21.4. The first-order valence-corrected chi connectivity index (χ1v) is 13.3. The van der Waals surface area contributed by atoms with Crippen molar-refractivity contribution in [1.29, 1.82) is 0 Å². The Morgan fingerprint density at radius 2 is 1.92 bits per heavy atom. The van der Waals surface area contributed by atoms with Gasteiger partial charge < -0.3 is 19.7 Å². The standard InChI is InChI=1S/C28H27ClN2O4S/c1-17-7-5-6-10-23(17)31-26(32)25(36-28(31)30-19-8-3-2-4-9-19)16-20-12-14-24(35-20)18-11-13-21(27(33)34)22(29)15-18/h2-4,8-9,11-17,23,28,30H,5-7,10H2,1H3,(H,33,34)/b25-16-/t17-,23-,28?/m0/s1. The van der Waals surface area contributed by atoms with Crippen LogP contribution in [-0.2, 0) is 4.79 Å². The van der Waals surface area contributed by atoms with Crippen LogP contribution in [0.15, 0.2) is 70.0 Å². The predicted molar refractivity (Wildman–Crippen MR) is 144 cm³/mol. The molecule has 0 radical (unpaired) electrons. The number of carbonyl (C=O) groups excluding carboxylic acids is 1. The molecule has 1 unspecified atom stereocenters. The van der Waals surface area contributed by atoms with Crippen molar-refractivity contribution in [3.05, 3.63) is 81.9 Å². The molecule has 1 aliphatic heterocycles. The van der Waals surface area contributed by atoms with Gasteiger partial charge in [0.05, 0.1) is 15.5 Å². The third-order valence-corrected chi connectivity index (χ3v) is 8.24. The van der Waals surface area contributed by atoms with E-state index in [0.29, 0.717) is 27.9 Å². The van der Waals surface area contributed by atoms with E-state index in [1.165, 1.54) is 24.2 Å². The van der Waals surface area contributed by atoms with Crippen LogP contribution in [0.2, 0.25) is 5.02 Å². The molecule has 2 aliphatic rings. The van der Waals surface area contributed by atoms with Crippen molar-refractivity contribution in [2.24, 2.45) is 5.92 Å². The van der Waals surface area contributed by atoms with Gasteiger partial charge in [-0.1, -0.05) is 67.4 Å². The number of para-hydroxylation sites is 1. The number of thioether (sulfide) groups is 1. The molecule has 1 saturated heterocycles. The Hall–Kier alpha value is -3.16. The van der Waals surface area contributed by atoms with Gasteiger partial charge in [-0.25, -0.2) is 4.79 Å². The number of carboxylic acid groups (broad SMARTS) is 1. The van der Waals surface area contributed by atoms with E-state index in [2.05, 4.69) is 12.2 Å². The lowest BCUT2D eigenvalue weighted by atomic mass is 9.85. The number of nitrogens with one attached hydrogen (secondary N) is 1. The quantitative estimate of drug-likeness (QED) is 0.333. The average molecular weight is 523 g/mol. The van der Waals surface area contributed by atoms with Gasteiger partial charge in [-0.15, -0.1) is 0 Å². The molecule has 5 rings (SSSR count). The molecule has 0 spiro atoms. The normalized spacial score (nSPS) is 23.3. The smallest absolute Gasteiger partial charge is 0.337 e. The molecule has 186 valence electrons. The lowest BCUT2D eigenvalue weighted by Crippen LogP contribution is -2.48. The molecular weight excluding hydrogens is 496 g/mol. The largest absolute Gasteiger partial charge is 0.478 e. The van der Waals surface area contributed by atoms with E-state index in [0.717, 1.165) is 24.9 Å². The van der Waals surface area contributed by atoms with Gasteiger partial charge in [0.25, 0.3) is 5.91 Å². The molecule has 2 fully saturated rings. The molecular formula is C28H27ClN2O4S. The summed E-state index contributed by atoms with van der Waals surface area (Å²) < 4.78 is 6.00. The minimum Gasteiger partial charge on any atom is -0.478 e. The number of rotatable bonds is 6. The fourth-order valence-electron chi connectivity index (χ4n) is 4.92. The van der Waals surface area contributed by atoms with Crippen LogP contribution in [0.3, 0.4) is 0 Å². The maximum atomic E-state index is 13.7. The molecule has 1 amide bonds. The van der Waals surface area contributed by atoms with Gasteiger partial charge in [0, 0.05) is 23.4 Å². The number of benzene rings is 2. The van der Waals surface area contributed by atoms with Crippen molar-refractivity contribution in [3.63, 3.8) is 0 Å². The summed E-state index contributed by atoms with van der Waals surface area (Å²) in [5.41, 5.74) is 1.48. The summed E-state index contributed by atoms with van der Waals surface area (Å²) in [5.74, 6) is 0.475. The highest BCUT2D eigenvalue weighted by Crippen LogP contribution is 2.42. The summed E-state index contributed by atoms with van der Waals surface area (Å²) in [6.07, 6.45) is 6.26. The fourth-order valence-corrected chi connectivity index (χ4v) is 6.38. The van der Waals surface area contributed by atoms with Gasteiger partial charge in [0.15, 0.2) is 5.50 Å². The molecule has 2 aromatic carbocycles. The van der Waals surface area contributed by atoms with Crippen LogP contribution in [-0.4, -0.2) is 33.4 Å². The van der Waals surface area contributed by atoms with Crippen molar-refractivity contribution >= 4 is 47.0 Å². The van der Waals surface area contributed by atoms with E-state index in [-0.39, 0.29) is 28.0 Å². The van der Waals surface area contributed by atoms with Crippen molar-refractivity contribution in [2.45, 2.75) is 44.1 Å². The topological polar surface area (TPSA) is 82.8 Å². The number of aromatic carboxylic acids is 1. The molecule has 1 aromatic heterocycles. The number of amides is 1. The molecule has 0 bridgehead atoms. The highest BCUT2D eigenvalue weighted by atomic mass is 35.5. The van der Waals surface area contributed by atoms with Gasteiger partial charge in [-0.2, -0.15) is 0 Å². The maximum Gasteiger partial charge on any atom is 0.337 e. The van der Waals surface area contributed by atoms with Crippen LogP contribution in [0, 0.1) is 5.92 Å². The monoisotopic (exact) mass is 522 g/mol. The molecule has 2 heterocycles. The number of hydrogen-bond donors (Lipinski definition) is 2. The zero-order chi connectivity index (χ0) is 25.2. The Kier molecular flexibility index (Phi) is 7.12. The van der Waals surface area contributed by atoms with Crippen molar-refractivity contribution in [1.82, 2.24) is 4.90 Å². The molecule has 1 saturated carbocycles. The summed E-state index contributed by atoms with van der Waals surface area (Å²) >= 11 is 7.63. The Balaban J connectivity index is 1.42. The number of hydrogen-bond acceptors (Lipinski definition) is 5. The Labute approximate surface area is 219 Å². The lowest BCUT2D eigenvalue weighted by molar-refractivity contribution is -0.129. The van der Waals surface area contributed by atoms with E-state index in [1.54, 1.807) is 30.3 Å². The number of furan rings is 1. The van der Waals surface area contributed by atoms with E-state index < -0.39 is 5.97 Å². The third-order valence-electron chi connectivity index (χ3n) is 6.81. The molecule has 6 nitrogen and oxygen atoms in total. The van der Waals surface area contributed by atoms with Crippen LogP contribution in [0.1, 0.15) is 48.7 Å². The molecule has 36 heavy (non-hydrogen) atoms. The van der Waals surface area contributed by atoms with E-state index in [1.807, 2.05) is 35.2 Å². The summed E-state index contributed by atoms with van der Waals surface area (Å²) in [6, 6.07) is 18.4. The minimum absolute atomic E-state index is 0.0130. The second kappa shape index (κ2) is 10.4. The first kappa shape index (κ1) is 24.5. The third kappa shape index (κ3) is 5.04. The highest BCUT2D eigenvalue weighted by Gasteiger charge is 2.43. The molecule has 3 aromatic rings. The maximum absolute atomic E-state index is 13.7. The molecule has 8 heteroatoms. The number of nitrogens with zero attached hydrogens (tertiary/aromatic N) is 1. The summed E-state index contributed by atoms with van der Waals surface area (Å²) in [5, 5.41) is 12.9. The van der Waals surface area contributed by atoms with Crippen LogP contribution < -0.4 is 5.32 Å².